The van der Waals surface area contributed by atoms with E-state index in [4.69, 9.17) is 0 Å². The van der Waals surface area contributed by atoms with E-state index in [0.717, 1.165) is 39.0 Å². The van der Waals surface area contributed by atoms with Crippen molar-refractivity contribution in [2.24, 2.45) is 0 Å². The van der Waals surface area contributed by atoms with Crippen molar-refractivity contribution >= 4 is 11.9 Å². The van der Waals surface area contributed by atoms with Crippen LogP contribution in [0.4, 0.5) is 4.79 Å². The SMILES string of the molecule is O=C1NC(=O)C2(CCN(CCN3CCCCC3)CC2)N1. The normalized spacial score (nSPS) is 27.6. The Labute approximate surface area is 119 Å². The van der Waals surface area contributed by atoms with Crippen molar-refractivity contribution in [3.05, 3.63) is 0 Å². The van der Waals surface area contributed by atoms with E-state index in [9.17, 15) is 9.59 Å². The molecule has 3 amide bonds. The Balaban J connectivity index is 1.44. The Morgan fingerprint density at radius 3 is 2.05 bits per heavy atom. The lowest BCUT2D eigenvalue weighted by Gasteiger charge is -2.38. The minimum atomic E-state index is -0.626. The third-order valence-corrected chi connectivity index (χ3v) is 4.91. The number of nitrogens with zero attached hydrogens (tertiary/aromatic N) is 2. The number of amides is 3. The monoisotopic (exact) mass is 280 g/mol. The van der Waals surface area contributed by atoms with Crippen molar-refractivity contribution in [2.75, 3.05) is 39.3 Å². The highest BCUT2D eigenvalue weighted by molar-refractivity contribution is 6.07. The van der Waals surface area contributed by atoms with Crippen LogP contribution in [0.15, 0.2) is 0 Å². The lowest BCUT2D eigenvalue weighted by Crippen LogP contribution is -2.55. The molecule has 6 heteroatoms. The first-order valence-corrected chi connectivity index (χ1v) is 7.76. The van der Waals surface area contributed by atoms with Gasteiger partial charge in [0.2, 0.25) is 0 Å². The number of urea groups is 1. The summed E-state index contributed by atoms with van der Waals surface area (Å²) in [5.41, 5.74) is -0.626. The number of imide groups is 1. The molecule has 3 aliphatic rings. The van der Waals surface area contributed by atoms with Crippen molar-refractivity contribution in [3.63, 3.8) is 0 Å². The third kappa shape index (κ3) is 2.81. The maximum Gasteiger partial charge on any atom is 0.322 e. The molecule has 3 saturated heterocycles. The molecule has 0 aromatic rings. The zero-order valence-electron chi connectivity index (χ0n) is 12.0. The van der Waals surface area contributed by atoms with E-state index in [1.807, 2.05) is 0 Å². The van der Waals surface area contributed by atoms with E-state index in [-0.39, 0.29) is 11.9 Å². The smallest absolute Gasteiger partial charge is 0.322 e. The maximum atomic E-state index is 11.9. The van der Waals surface area contributed by atoms with Crippen molar-refractivity contribution in [1.82, 2.24) is 20.4 Å². The number of piperidine rings is 2. The third-order valence-electron chi connectivity index (χ3n) is 4.91. The van der Waals surface area contributed by atoms with Gasteiger partial charge in [0.15, 0.2) is 0 Å². The van der Waals surface area contributed by atoms with Crippen molar-refractivity contribution in [3.8, 4) is 0 Å². The fourth-order valence-corrected chi connectivity index (χ4v) is 3.50. The van der Waals surface area contributed by atoms with Crippen LogP contribution in [0.5, 0.6) is 0 Å². The molecule has 0 radical (unpaired) electrons. The highest BCUT2D eigenvalue weighted by Gasteiger charge is 2.47. The number of hydrogen-bond acceptors (Lipinski definition) is 4. The first-order valence-electron chi connectivity index (χ1n) is 7.76. The van der Waals surface area contributed by atoms with Crippen LogP contribution in [-0.2, 0) is 4.79 Å². The van der Waals surface area contributed by atoms with E-state index in [1.54, 1.807) is 0 Å². The topological polar surface area (TPSA) is 64.7 Å². The highest BCUT2D eigenvalue weighted by atomic mass is 16.2. The zero-order chi connectivity index (χ0) is 14.0. The number of rotatable bonds is 3. The van der Waals surface area contributed by atoms with Crippen LogP contribution in [0.3, 0.4) is 0 Å². The molecule has 112 valence electrons. The van der Waals surface area contributed by atoms with E-state index in [0.29, 0.717) is 0 Å². The Hall–Kier alpha value is -1.14. The number of nitrogens with one attached hydrogen (secondary N) is 2. The Morgan fingerprint density at radius 1 is 0.900 bits per heavy atom. The van der Waals surface area contributed by atoms with Gasteiger partial charge in [0.1, 0.15) is 5.54 Å². The minimum absolute atomic E-state index is 0.141. The van der Waals surface area contributed by atoms with Gasteiger partial charge in [0.05, 0.1) is 0 Å². The van der Waals surface area contributed by atoms with Gasteiger partial charge in [0, 0.05) is 26.2 Å². The average molecular weight is 280 g/mol. The molecule has 1 spiro atoms. The van der Waals surface area contributed by atoms with Crippen LogP contribution in [0, 0.1) is 0 Å². The summed E-state index contributed by atoms with van der Waals surface area (Å²) in [6.07, 6.45) is 5.48. The second-order valence-electron chi connectivity index (χ2n) is 6.23. The summed E-state index contributed by atoms with van der Waals surface area (Å²) in [6.45, 7) is 6.45. The maximum absolute atomic E-state index is 11.9. The van der Waals surface area contributed by atoms with Crippen molar-refractivity contribution in [2.45, 2.75) is 37.6 Å². The van der Waals surface area contributed by atoms with Crippen LogP contribution < -0.4 is 10.6 Å². The molecule has 0 bridgehead atoms. The molecular formula is C14H24N4O2. The Bertz CT molecular complexity index is 385. The fourth-order valence-electron chi connectivity index (χ4n) is 3.50. The second kappa shape index (κ2) is 5.69. The predicted octanol–water partition coefficient (Wildman–Crippen LogP) is 0.146. The molecule has 3 rings (SSSR count). The van der Waals surface area contributed by atoms with Gasteiger partial charge in [-0.05, 0) is 38.8 Å². The minimum Gasteiger partial charge on any atom is -0.323 e. The van der Waals surface area contributed by atoms with Crippen molar-refractivity contribution < 1.29 is 9.59 Å². The first-order chi connectivity index (χ1) is 9.68. The first kappa shape index (κ1) is 13.8. The highest BCUT2D eigenvalue weighted by Crippen LogP contribution is 2.25. The second-order valence-corrected chi connectivity index (χ2v) is 6.23. The molecule has 3 aliphatic heterocycles. The molecule has 0 unspecified atom stereocenters. The van der Waals surface area contributed by atoms with Gasteiger partial charge < -0.3 is 15.1 Å². The summed E-state index contributed by atoms with van der Waals surface area (Å²) in [6, 6.07) is -0.336. The van der Waals surface area contributed by atoms with Crippen LogP contribution >= 0.6 is 0 Å². The van der Waals surface area contributed by atoms with Gasteiger partial charge >= 0.3 is 6.03 Å². The van der Waals surface area contributed by atoms with Crippen LogP contribution in [0.2, 0.25) is 0 Å². The van der Waals surface area contributed by atoms with Crippen LogP contribution in [0.25, 0.3) is 0 Å². The molecule has 0 atom stereocenters. The van der Waals surface area contributed by atoms with Crippen molar-refractivity contribution in [1.29, 1.82) is 0 Å². The summed E-state index contributed by atoms with van der Waals surface area (Å²) in [5.74, 6) is -0.141. The fraction of sp³-hybridized carbons (Fsp3) is 0.857. The molecule has 0 aliphatic carbocycles. The summed E-state index contributed by atoms with van der Waals surface area (Å²) >= 11 is 0. The quantitative estimate of drug-likeness (QED) is 0.722. The van der Waals surface area contributed by atoms with Crippen LogP contribution in [0.1, 0.15) is 32.1 Å². The number of likely N-dealkylation sites (tertiary alicyclic amines) is 2. The van der Waals surface area contributed by atoms with E-state index in [2.05, 4.69) is 20.4 Å². The van der Waals surface area contributed by atoms with E-state index >= 15 is 0 Å². The van der Waals surface area contributed by atoms with Crippen LogP contribution in [-0.4, -0.2) is 66.5 Å². The van der Waals surface area contributed by atoms with Gasteiger partial charge in [0.25, 0.3) is 5.91 Å². The van der Waals surface area contributed by atoms with Gasteiger partial charge in [-0.3, -0.25) is 10.1 Å². The standard InChI is InChI=1S/C14H24N4O2/c19-12-14(16-13(20)15-12)4-8-18(9-5-14)11-10-17-6-2-1-3-7-17/h1-11H2,(H2,15,16,19,20). The van der Waals surface area contributed by atoms with Gasteiger partial charge in [-0.15, -0.1) is 0 Å². The lowest BCUT2D eigenvalue weighted by atomic mass is 9.88. The van der Waals surface area contributed by atoms with Gasteiger partial charge in [-0.25, -0.2) is 4.79 Å². The largest absolute Gasteiger partial charge is 0.323 e. The van der Waals surface area contributed by atoms with Gasteiger partial charge in [-0.2, -0.15) is 0 Å². The molecule has 0 aromatic heterocycles. The lowest BCUT2D eigenvalue weighted by molar-refractivity contribution is -0.125. The predicted molar refractivity (Wildman–Crippen MR) is 75.4 cm³/mol. The molecular weight excluding hydrogens is 256 g/mol. The Morgan fingerprint density at radius 2 is 1.50 bits per heavy atom. The number of carbonyl (C=O) groups excluding carboxylic acids is 2. The molecule has 3 fully saturated rings. The molecule has 3 heterocycles. The molecule has 20 heavy (non-hydrogen) atoms. The summed E-state index contributed by atoms with van der Waals surface area (Å²) in [5, 5.41) is 5.17. The Kier molecular flexibility index (Phi) is 3.94. The summed E-state index contributed by atoms with van der Waals surface area (Å²) in [7, 11) is 0. The molecule has 6 nitrogen and oxygen atoms in total. The van der Waals surface area contributed by atoms with Gasteiger partial charge in [-0.1, -0.05) is 6.42 Å². The zero-order valence-corrected chi connectivity index (χ0v) is 12.0. The average Bonchev–Trinajstić information content (AvgIpc) is 2.74. The molecule has 2 N–H and O–H groups in total. The summed E-state index contributed by atoms with van der Waals surface area (Å²) < 4.78 is 0. The van der Waals surface area contributed by atoms with E-state index in [1.165, 1.54) is 32.4 Å². The summed E-state index contributed by atoms with van der Waals surface area (Å²) in [4.78, 5) is 28.1. The molecule has 0 saturated carbocycles. The van der Waals surface area contributed by atoms with E-state index < -0.39 is 5.54 Å². The molecule has 0 aromatic carbocycles. The number of carbonyl (C=O) groups is 2. The number of hydrogen-bond donors (Lipinski definition) is 2.